The van der Waals surface area contributed by atoms with E-state index in [9.17, 15) is 0 Å². The van der Waals surface area contributed by atoms with Crippen molar-refractivity contribution in [2.24, 2.45) is 0 Å². The molecular weight excluding hydrogens is 192 g/mol. The van der Waals surface area contributed by atoms with Gasteiger partial charge < -0.3 is 14.3 Å². The van der Waals surface area contributed by atoms with Gasteiger partial charge in [-0.2, -0.15) is 0 Å². The van der Waals surface area contributed by atoms with Gasteiger partial charge in [-0.15, -0.1) is 0 Å². The first-order chi connectivity index (χ1) is 7.26. The first kappa shape index (κ1) is 10.1. The lowest BCUT2D eigenvalue weighted by Gasteiger charge is -2.04. The summed E-state index contributed by atoms with van der Waals surface area (Å²) in [6, 6.07) is 5.70. The zero-order valence-electron chi connectivity index (χ0n) is 8.86. The van der Waals surface area contributed by atoms with Crippen LogP contribution in [0.1, 0.15) is 18.4 Å². The minimum absolute atomic E-state index is 0.0969. The number of aliphatic hydroxyl groups excluding tert-OH is 1. The van der Waals surface area contributed by atoms with E-state index < -0.39 is 0 Å². The molecule has 0 fully saturated rings. The lowest BCUT2D eigenvalue weighted by molar-refractivity contribution is 0.273. The van der Waals surface area contributed by atoms with Crippen LogP contribution in [0.5, 0.6) is 5.75 Å². The van der Waals surface area contributed by atoms with Gasteiger partial charge >= 0.3 is 0 Å². The van der Waals surface area contributed by atoms with E-state index in [0.717, 1.165) is 22.3 Å². The third-order valence-corrected chi connectivity index (χ3v) is 2.62. The monoisotopic (exact) mass is 206 g/mol. The fourth-order valence-electron chi connectivity index (χ4n) is 1.64. The van der Waals surface area contributed by atoms with Crippen LogP contribution in [0.2, 0.25) is 0 Å². The van der Waals surface area contributed by atoms with Crippen molar-refractivity contribution in [3.8, 4) is 5.75 Å². The zero-order chi connectivity index (χ0) is 10.8. The molecule has 0 aliphatic heterocycles. The number of rotatable bonds is 3. The molecule has 2 rings (SSSR count). The maximum atomic E-state index is 9.10. The molecule has 0 saturated carbocycles. The molecule has 1 aromatic heterocycles. The first-order valence-electron chi connectivity index (χ1n) is 4.92. The van der Waals surface area contributed by atoms with Gasteiger partial charge in [0.2, 0.25) is 0 Å². The summed E-state index contributed by atoms with van der Waals surface area (Å²) in [5, 5.41) is 10.1. The van der Waals surface area contributed by atoms with Gasteiger partial charge in [0, 0.05) is 29.5 Å². The standard InChI is InChI=1S/C12H14O3/c1-8(6-13)11-7-15-12-5-9(14-2)3-4-10(11)12/h3-5,7-8,13H,6H2,1-2H3. The highest BCUT2D eigenvalue weighted by atomic mass is 16.5. The topological polar surface area (TPSA) is 42.6 Å². The normalized spacial score (nSPS) is 13.0. The van der Waals surface area contributed by atoms with Crippen molar-refractivity contribution in [2.45, 2.75) is 12.8 Å². The van der Waals surface area contributed by atoms with Crippen LogP contribution in [0.15, 0.2) is 28.9 Å². The van der Waals surface area contributed by atoms with Crippen LogP contribution in [0, 0.1) is 0 Å². The van der Waals surface area contributed by atoms with Crippen molar-refractivity contribution in [2.75, 3.05) is 13.7 Å². The fraction of sp³-hybridized carbons (Fsp3) is 0.333. The summed E-state index contributed by atoms with van der Waals surface area (Å²) in [6.45, 7) is 2.09. The smallest absolute Gasteiger partial charge is 0.137 e. The summed E-state index contributed by atoms with van der Waals surface area (Å²) < 4.78 is 10.5. The molecule has 0 saturated heterocycles. The van der Waals surface area contributed by atoms with Crippen LogP contribution >= 0.6 is 0 Å². The second-order valence-electron chi connectivity index (χ2n) is 3.64. The number of aliphatic hydroxyl groups is 1. The van der Waals surface area contributed by atoms with Gasteiger partial charge in [0.25, 0.3) is 0 Å². The summed E-state index contributed by atoms with van der Waals surface area (Å²) in [7, 11) is 1.63. The Balaban J connectivity index is 2.52. The third-order valence-electron chi connectivity index (χ3n) is 2.62. The van der Waals surface area contributed by atoms with E-state index in [0.29, 0.717) is 0 Å². The molecule has 1 N–H and O–H groups in total. The molecule has 1 heterocycles. The summed E-state index contributed by atoms with van der Waals surface area (Å²) in [6.07, 6.45) is 1.70. The Morgan fingerprint density at radius 1 is 1.47 bits per heavy atom. The number of hydrogen-bond donors (Lipinski definition) is 1. The van der Waals surface area contributed by atoms with Crippen LogP contribution in [0.4, 0.5) is 0 Å². The van der Waals surface area contributed by atoms with Crippen molar-refractivity contribution in [1.82, 2.24) is 0 Å². The van der Waals surface area contributed by atoms with Crippen molar-refractivity contribution in [3.63, 3.8) is 0 Å². The largest absolute Gasteiger partial charge is 0.497 e. The van der Waals surface area contributed by atoms with E-state index >= 15 is 0 Å². The van der Waals surface area contributed by atoms with Crippen LogP contribution in [-0.2, 0) is 0 Å². The fourth-order valence-corrected chi connectivity index (χ4v) is 1.64. The molecule has 1 atom stereocenters. The summed E-state index contributed by atoms with van der Waals surface area (Å²) in [4.78, 5) is 0. The van der Waals surface area contributed by atoms with Crippen molar-refractivity contribution in [1.29, 1.82) is 0 Å². The van der Waals surface area contributed by atoms with Gasteiger partial charge in [0.05, 0.1) is 13.4 Å². The maximum absolute atomic E-state index is 9.10. The quantitative estimate of drug-likeness (QED) is 0.839. The molecule has 0 aliphatic rings. The number of hydrogen-bond acceptors (Lipinski definition) is 3. The van der Waals surface area contributed by atoms with Gasteiger partial charge in [0.15, 0.2) is 0 Å². The van der Waals surface area contributed by atoms with Gasteiger partial charge in [-0.3, -0.25) is 0 Å². The van der Waals surface area contributed by atoms with Gasteiger partial charge in [-0.05, 0) is 12.1 Å². The minimum atomic E-state index is 0.0969. The van der Waals surface area contributed by atoms with E-state index in [-0.39, 0.29) is 12.5 Å². The van der Waals surface area contributed by atoms with Crippen molar-refractivity contribution < 1.29 is 14.3 Å². The highest BCUT2D eigenvalue weighted by Crippen LogP contribution is 2.29. The van der Waals surface area contributed by atoms with Crippen LogP contribution in [-0.4, -0.2) is 18.8 Å². The molecule has 0 spiro atoms. The Morgan fingerprint density at radius 3 is 2.93 bits per heavy atom. The van der Waals surface area contributed by atoms with Crippen molar-refractivity contribution >= 4 is 11.0 Å². The average molecular weight is 206 g/mol. The molecule has 80 valence electrons. The molecule has 0 amide bonds. The molecule has 3 heteroatoms. The molecule has 1 aromatic carbocycles. The average Bonchev–Trinajstić information content (AvgIpc) is 2.70. The molecular formula is C12H14O3. The second kappa shape index (κ2) is 3.95. The second-order valence-corrected chi connectivity index (χ2v) is 3.64. The Kier molecular flexibility index (Phi) is 2.64. The maximum Gasteiger partial charge on any atom is 0.137 e. The van der Waals surface area contributed by atoms with E-state index in [1.54, 1.807) is 13.4 Å². The predicted octanol–water partition coefficient (Wildman–Crippen LogP) is 2.54. The number of fused-ring (bicyclic) bond motifs is 1. The number of ether oxygens (including phenoxy) is 1. The highest BCUT2D eigenvalue weighted by Gasteiger charge is 2.12. The van der Waals surface area contributed by atoms with Crippen molar-refractivity contribution in [3.05, 3.63) is 30.0 Å². The molecule has 3 nitrogen and oxygen atoms in total. The summed E-state index contributed by atoms with van der Waals surface area (Å²) in [5.74, 6) is 0.875. The van der Waals surface area contributed by atoms with Gasteiger partial charge in [0.1, 0.15) is 11.3 Å². The Labute approximate surface area is 88.3 Å². The number of methoxy groups -OCH3 is 1. The third kappa shape index (κ3) is 1.70. The SMILES string of the molecule is COc1ccc2c(C(C)CO)coc2c1. The molecule has 0 aliphatic carbocycles. The lowest BCUT2D eigenvalue weighted by Crippen LogP contribution is -1.97. The molecule has 15 heavy (non-hydrogen) atoms. The van der Waals surface area contributed by atoms with E-state index in [2.05, 4.69) is 0 Å². The number of furan rings is 1. The van der Waals surface area contributed by atoms with Gasteiger partial charge in [-0.1, -0.05) is 6.92 Å². The van der Waals surface area contributed by atoms with Crippen LogP contribution in [0.3, 0.4) is 0 Å². The first-order valence-corrected chi connectivity index (χ1v) is 4.92. The Bertz CT molecular complexity index is 459. The van der Waals surface area contributed by atoms with E-state index in [1.165, 1.54) is 0 Å². The molecule has 0 radical (unpaired) electrons. The molecule has 1 unspecified atom stereocenters. The Morgan fingerprint density at radius 2 is 2.27 bits per heavy atom. The van der Waals surface area contributed by atoms with Gasteiger partial charge in [-0.25, -0.2) is 0 Å². The van der Waals surface area contributed by atoms with E-state index in [4.69, 9.17) is 14.3 Å². The molecule has 0 bridgehead atoms. The predicted molar refractivity (Wildman–Crippen MR) is 58.3 cm³/mol. The van der Waals surface area contributed by atoms with Crippen LogP contribution < -0.4 is 4.74 Å². The summed E-state index contributed by atoms with van der Waals surface area (Å²) >= 11 is 0. The zero-order valence-corrected chi connectivity index (χ0v) is 8.86. The highest BCUT2D eigenvalue weighted by molar-refractivity contribution is 5.82. The molecule has 2 aromatic rings. The van der Waals surface area contributed by atoms with E-state index in [1.807, 2.05) is 25.1 Å². The summed E-state index contributed by atoms with van der Waals surface area (Å²) in [5.41, 5.74) is 1.83. The minimum Gasteiger partial charge on any atom is -0.497 e. The van der Waals surface area contributed by atoms with Crippen LogP contribution in [0.25, 0.3) is 11.0 Å². The number of benzene rings is 1. The lowest BCUT2D eigenvalue weighted by atomic mass is 10.0. The Hall–Kier alpha value is -1.48.